The first kappa shape index (κ1) is 7.82. The van der Waals surface area contributed by atoms with Crippen molar-refractivity contribution in [3.8, 4) is 0 Å². The molecule has 2 aromatic heterocycles. The summed E-state index contributed by atoms with van der Waals surface area (Å²) in [5.41, 5.74) is 0.702. The molecule has 0 amide bonds. The number of thiol groups is 1. The zero-order valence-corrected chi connectivity index (χ0v) is 8.02. The SMILES string of the molecule is Cn1c(S)nc2ccsc2c1=O. The van der Waals surface area contributed by atoms with Crippen LogP contribution in [-0.2, 0) is 7.05 Å². The second-order valence-electron chi connectivity index (χ2n) is 2.41. The van der Waals surface area contributed by atoms with Gasteiger partial charge < -0.3 is 0 Å². The van der Waals surface area contributed by atoms with Crippen molar-refractivity contribution >= 4 is 34.2 Å². The Morgan fingerprint density at radius 1 is 1.67 bits per heavy atom. The van der Waals surface area contributed by atoms with E-state index in [1.165, 1.54) is 15.9 Å². The first-order chi connectivity index (χ1) is 5.70. The molecule has 0 spiro atoms. The molecule has 0 atom stereocenters. The number of rotatable bonds is 0. The molecule has 0 saturated carbocycles. The highest BCUT2D eigenvalue weighted by Crippen LogP contribution is 2.15. The van der Waals surface area contributed by atoms with Crippen molar-refractivity contribution in [3.05, 3.63) is 21.8 Å². The summed E-state index contributed by atoms with van der Waals surface area (Å²) in [7, 11) is 1.66. The van der Waals surface area contributed by atoms with Gasteiger partial charge in [-0.05, 0) is 11.4 Å². The molecule has 2 rings (SSSR count). The van der Waals surface area contributed by atoms with E-state index in [2.05, 4.69) is 17.6 Å². The maximum absolute atomic E-state index is 11.5. The number of fused-ring (bicyclic) bond motifs is 1. The van der Waals surface area contributed by atoms with Gasteiger partial charge in [0.05, 0.1) is 5.52 Å². The molecule has 0 N–H and O–H groups in total. The van der Waals surface area contributed by atoms with E-state index in [0.29, 0.717) is 9.86 Å². The summed E-state index contributed by atoms with van der Waals surface area (Å²) in [5.74, 6) is 0. The molecule has 0 aromatic carbocycles. The normalized spacial score (nSPS) is 10.8. The zero-order chi connectivity index (χ0) is 8.72. The zero-order valence-electron chi connectivity index (χ0n) is 6.31. The Morgan fingerprint density at radius 3 is 3.17 bits per heavy atom. The Kier molecular flexibility index (Phi) is 1.69. The summed E-state index contributed by atoms with van der Waals surface area (Å²) in [6.07, 6.45) is 0. The molecule has 0 aliphatic carbocycles. The van der Waals surface area contributed by atoms with Gasteiger partial charge in [0.15, 0.2) is 5.16 Å². The number of hydrogen-bond donors (Lipinski definition) is 1. The third-order valence-corrected chi connectivity index (χ3v) is 2.96. The van der Waals surface area contributed by atoms with E-state index in [0.717, 1.165) is 5.52 Å². The Labute approximate surface area is 78.1 Å². The second kappa shape index (κ2) is 2.60. The summed E-state index contributed by atoms with van der Waals surface area (Å²) < 4.78 is 2.12. The van der Waals surface area contributed by atoms with Crippen molar-refractivity contribution in [2.45, 2.75) is 5.16 Å². The lowest BCUT2D eigenvalue weighted by atomic mass is 10.5. The van der Waals surface area contributed by atoms with E-state index in [4.69, 9.17) is 0 Å². The molecular weight excluding hydrogens is 192 g/mol. The Morgan fingerprint density at radius 2 is 2.42 bits per heavy atom. The first-order valence-electron chi connectivity index (χ1n) is 3.33. The fourth-order valence-electron chi connectivity index (χ4n) is 0.976. The fourth-order valence-corrected chi connectivity index (χ4v) is 1.98. The van der Waals surface area contributed by atoms with E-state index in [1.807, 2.05) is 11.4 Å². The molecule has 0 aliphatic heterocycles. The summed E-state index contributed by atoms with van der Waals surface area (Å²) in [4.78, 5) is 15.6. The van der Waals surface area contributed by atoms with E-state index in [1.54, 1.807) is 7.05 Å². The van der Waals surface area contributed by atoms with Gasteiger partial charge in [-0.25, -0.2) is 4.98 Å². The molecule has 0 radical (unpaired) electrons. The minimum atomic E-state index is -0.0278. The van der Waals surface area contributed by atoms with Crippen LogP contribution in [0.5, 0.6) is 0 Å². The maximum atomic E-state index is 11.5. The third-order valence-electron chi connectivity index (χ3n) is 1.66. The van der Waals surface area contributed by atoms with Crippen molar-refractivity contribution in [2.75, 3.05) is 0 Å². The topological polar surface area (TPSA) is 34.9 Å². The van der Waals surface area contributed by atoms with E-state index in [9.17, 15) is 4.79 Å². The van der Waals surface area contributed by atoms with Crippen LogP contribution < -0.4 is 5.56 Å². The first-order valence-corrected chi connectivity index (χ1v) is 4.66. The maximum Gasteiger partial charge on any atom is 0.271 e. The smallest absolute Gasteiger partial charge is 0.271 e. The largest absolute Gasteiger partial charge is 0.290 e. The summed E-state index contributed by atoms with van der Waals surface area (Å²) >= 11 is 5.48. The van der Waals surface area contributed by atoms with Gasteiger partial charge in [0.25, 0.3) is 5.56 Å². The van der Waals surface area contributed by atoms with E-state index < -0.39 is 0 Å². The van der Waals surface area contributed by atoms with Gasteiger partial charge in [-0.2, -0.15) is 0 Å². The predicted molar refractivity (Wildman–Crippen MR) is 52.1 cm³/mol. The lowest BCUT2D eigenvalue weighted by Crippen LogP contribution is -2.17. The number of aromatic nitrogens is 2. The second-order valence-corrected chi connectivity index (χ2v) is 3.73. The monoisotopic (exact) mass is 198 g/mol. The minimum absolute atomic E-state index is 0.0278. The van der Waals surface area contributed by atoms with Crippen molar-refractivity contribution in [2.24, 2.45) is 7.05 Å². The van der Waals surface area contributed by atoms with Gasteiger partial charge in [-0.1, -0.05) is 0 Å². The van der Waals surface area contributed by atoms with Crippen LogP contribution >= 0.6 is 24.0 Å². The quantitative estimate of drug-likeness (QED) is 0.511. The van der Waals surface area contributed by atoms with Crippen molar-refractivity contribution in [3.63, 3.8) is 0 Å². The van der Waals surface area contributed by atoms with E-state index >= 15 is 0 Å². The van der Waals surface area contributed by atoms with Gasteiger partial charge >= 0.3 is 0 Å². The molecule has 0 bridgehead atoms. The Balaban J connectivity index is 3.05. The molecule has 0 fully saturated rings. The summed E-state index contributed by atoms with van der Waals surface area (Å²) in [5, 5.41) is 2.30. The molecule has 12 heavy (non-hydrogen) atoms. The molecule has 2 heterocycles. The molecule has 5 heteroatoms. The Hall–Kier alpha value is -0.810. The third kappa shape index (κ3) is 0.971. The van der Waals surface area contributed by atoms with Gasteiger partial charge in [-0.3, -0.25) is 9.36 Å². The highest BCUT2D eigenvalue weighted by molar-refractivity contribution is 7.80. The predicted octanol–water partition coefficient (Wildman–Crippen LogP) is 1.28. The molecule has 2 aromatic rings. The number of hydrogen-bond acceptors (Lipinski definition) is 4. The van der Waals surface area contributed by atoms with Crippen molar-refractivity contribution in [1.82, 2.24) is 9.55 Å². The van der Waals surface area contributed by atoms with Crippen LogP contribution in [0.4, 0.5) is 0 Å². The summed E-state index contributed by atoms with van der Waals surface area (Å²) in [6.45, 7) is 0. The molecule has 3 nitrogen and oxygen atoms in total. The average Bonchev–Trinajstić information content (AvgIpc) is 2.48. The van der Waals surface area contributed by atoms with Crippen LogP contribution in [0.15, 0.2) is 21.4 Å². The minimum Gasteiger partial charge on any atom is -0.290 e. The highest BCUT2D eigenvalue weighted by Gasteiger charge is 2.05. The molecule has 0 aliphatic rings. The number of nitrogens with zero attached hydrogens (tertiary/aromatic N) is 2. The lowest BCUT2D eigenvalue weighted by molar-refractivity contribution is 0.731. The van der Waals surface area contributed by atoms with Gasteiger partial charge in [0, 0.05) is 7.05 Å². The Bertz CT molecular complexity index is 486. The van der Waals surface area contributed by atoms with Crippen LogP contribution in [0.3, 0.4) is 0 Å². The van der Waals surface area contributed by atoms with Crippen LogP contribution in [-0.4, -0.2) is 9.55 Å². The van der Waals surface area contributed by atoms with Gasteiger partial charge in [0.1, 0.15) is 4.70 Å². The van der Waals surface area contributed by atoms with Crippen LogP contribution in [0.2, 0.25) is 0 Å². The van der Waals surface area contributed by atoms with Crippen LogP contribution in [0, 0.1) is 0 Å². The van der Waals surface area contributed by atoms with Crippen LogP contribution in [0.25, 0.3) is 10.2 Å². The molecule has 0 saturated heterocycles. The lowest BCUT2D eigenvalue weighted by Gasteiger charge is -1.99. The van der Waals surface area contributed by atoms with Crippen LogP contribution in [0.1, 0.15) is 0 Å². The molecule has 62 valence electrons. The van der Waals surface area contributed by atoms with Gasteiger partial charge in [0.2, 0.25) is 0 Å². The number of thiophene rings is 1. The molecule has 0 unspecified atom stereocenters. The molecular formula is C7H6N2OS2. The van der Waals surface area contributed by atoms with Gasteiger partial charge in [-0.15, -0.1) is 24.0 Å². The highest BCUT2D eigenvalue weighted by atomic mass is 32.1. The fraction of sp³-hybridized carbons (Fsp3) is 0.143. The van der Waals surface area contributed by atoms with Crippen molar-refractivity contribution < 1.29 is 0 Å². The standard InChI is InChI=1S/C7H6N2OS2/c1-9-6(10)5-4(2-3-12-5)8-7(9)11/h2-3H,1H3,(H,8,11). The van der Waals surface area contributed by atoms with E-state index in [-0.39, 0.29) is 5.56 Å². The summed E-state index contributed by atoms with van der Waals surface area (Å²) in [6, 6.07) is 1.82. The van der Waals surface area contributed by atoms with Crippen molar-refractivity contribution in [1.29, 1.82) is 0 Å². The average molecular weight is 198 g/mol.